The number of likely N-dealkylation sites (N-methyl/N-ethyl adjacent to an activating group) is 1. The van der Waals surface area contributed by atoms with E-state index in [1.807, 2.05) is 27.2 Å². The van der Waals surface area contributed by atoms with Crippen LogP contribution in [0.2, 0.25) is 0 Å². The molecule has 85 heavy (non-hydrogen) atoms. The first-order chi connectivity index (χ1) is 41.5. The molecule has 0 saturated heterocycles. The van der Waals surface area contributed by atoms with Crippen LogP contribution in [0.15, 0.2) is 24.3 Å². The van der Waals surface area contributed by atoms with Gasteiger partial charge in [0.1, 0.15) is 13.2 Å². The molecule has 0 aliphatic rings. The second-order valence-electron chi connectivity index (χ2n) is 27.7. The molecule has 506 valence electrons. The van der Waals surface area contributed by atoms with E-state index >= 15 is 0 Å². The lowest BCUT2D eigenvalue weighted by molar-refractivity contribution is -0.870. The van der Waals surface area contributed by atoms with Gasteiger partial charge in [-0.25, -0.2) is 0 Å². The van der Waals surface area contributed by atoms with Crippen LogP contribution in [-0.2, 0) is 18.4 Å². The molecule has 0 aliphatic heterocycles. The first-order valence-corrected chi connectivity index (χ1v) is 39.7. The molecule has 2 N–H and O–H groups in total. The number of rotatable bonds is 72. The fraction of sp³-hybridized carbons (Fsp3) is 0.934. The van der Waals surface area contributed by atoms with E-state index in [1.165, 1.54) is 347 Å². The first-order valence-electron chi connectivity index (χ1n) is 38.2. The van der Waals surface area contributed by atoms with Crippen LogP contribution >= 0.6 is 7.82 Å². The summed E-state index contributed by atoms with van der Waals surface area (Å²) in [5.74, 6) is -0.187. The van der Waals surface area contributed by atoms with Crippen LogP contribution in [0, 0.1) is 0 Å². The molecule has 9 heteroatoms. The van der Waals surface area contributed by atoms with Gasteiger partial charge in [-0.15, -0.1) is 0 Å². The molecule has 8 nitrogen and oxygen atoms in total. The van der Waals surface area contributed by atoms with Gasteiger partial charge in [-0.2, -0.15) is 0 Å². The van der Waals surface area contributed by atoms with Crippen molar-refractivity contribution < 1.29 is 32.9 Å². The maximum Gasteiger partial charge on any atom is 0.268 e. The van der Waals surface area contributed by atoms with Crippen LogP contribution in [0.5, 0.6) is 0 Å². The van der Waals surface area contributed by atoms with Crippen LogP contribution in [0.1, 0.15) is 406 Å². The number of nitrogens with zero attached hydrogens (tertiary/aromatic N) is 1. The third kappa shape index (κ3) is 70.3. The van der Waals surface area contributed by atoms with Crippen LogP contribution in [-0.4, -0.2) is 68.5 Å². The summed E-state index contributed by atoms with van der Waals surface area (Å²) in [6, 6.07) is -0.885. The number of nitrogens with one attached hydrogen (secondary N) is 1. The van der Waals surface area contributed by atoms with Gasteiger partial charge in [-0.05, 0) is 44.9 Å². The molecule has 0 spiro atoms. The first kappa shape index (κ1) is 84.0. The summed E-state index contributed by atoms with van der Waals surface area (Å²) < 4.78 is 23.5. The number of phosphoric ester groups is 1. The third-order valence-electron chi connectivity index (χ3n) is 17.9. The molecule has 0 saturated carbocycles. The molecule has 0 bridgehead atoms. The lowest BCUT2D eigenvalue weighted by Gasteiger charge is -2.29. The molecule has 0 radical (unpaired) electrons. The summed E-state index contributed by atoms with van der Waals surface area (Å²) in [5, 5.41) is 14.0. The third-order valence-corrected chi connectivity index (χ3v) is 18.9. The van der Waals surface area contributed by atoms with Crippen molar-refractivity contribution in [2.24, 2.45) is 0 Å². The van der Waals surface area contributed by atoms with Crippen molar-refractivity contribution in [2.45, 2.75) is 418 Å². The Labute approximate surface area is 532 Å². The van der Waals surface area contributed by atoms with Crippen molar-refractivity contribution in [3.63, 3.8) is 0 Å². The predicted molar refractivity (Wildman–Crippen MR) is 372 cm³/mol. The molecular weight excluding hydrogens is 1070 g/mol. The van der Waals surface area contributed by atoms with Crippen molar-refractivity contribution >= 4 is 13.7 Å². The van der Waals surface area contributed by atoms with E-state index < -0.39 is 20.0 Å². The number of aliphatic hydroxyl groups is 1. The van der Waals surface area contributed by atoms with Gasteiger partial charge in [0, 0.05) is 6.42 Å². The Balaban J connectivity index is 3.88. The van der Waals surface area contributed by atoms with Gasteiger partial charge in [0.05, 0.1) is 39.9 Å². The van der Waals surface area contributed by atoms with Gasteiger partial charge in [0.15, 0.2) is 0 Å². The summed E-state index contributed by atoms with van der Waals surface area (Å²) in [7, 11) is 1.28. The van der Waals surface area contributed by atoms with Crippen molar-refractivity contribution in [3.8, 4) is 0 Å². The highest BCUT2D eigenvalue weighted by Gasteiger charge is 2.23. The smallest absolute Gasteiger partial charge is 0.268 e. The molecular formula is C76H151N2O6P. The standard InChI is InChI=1S/C76H151N2O6P/c1-6-8-10-12-14-16-18-20-22-24-26-28-30-31-32-33-34-35-36-37-38-39-40-41-42-43-44-45-46-47-48-50-52-54-56-58-60-62-64-66-68-70-76(80)77-74(73-84-85(81,82)83-72-71-78(3,4)5)75(79)69-67-65-63-61-59-57-55-53-51-49-29-27-25-23-21-19-17-15-13-11-9-7-2/h24,26,67,69,74-75,79H,6-23,25,27-66,68,70-73H2,1-5H3,(H-,77,80,81,82)/b26-24-,69-67+. The van der Waals surface area contributed by atoms with E-state index in [-0.39, 0.29) is 19.1 Å². The van der Waals surface area contributed by atoms with E-state index in [9.17, 15) is 19.4 Å². The van der Waals surface area contributed by atoms with Gasteiger partial charge in [0.25, 0.3) is 7.82 Å². The Morgan fingerprint density at radius 1 is 0.400 bits per heavy atom. The quantitative estimate of drug-likeness (QED) is 0.0272. The van der Waals surface area contributed by atoms with Crippen LogP contribution in [0.25, 0.3) is 0 Å². The minimum absolute atomic E-state index is 0.00241. The van der Waals surface area contributed by atoms with E-state index in [2.05, 4.69) is 31.3 Å². The lowest BCUT2D eigenvalue weighted by Crippen LogP contribution is -2.45. The number of quaternary nitrogens is 1. The normalized spacial score (nSPS) is 13.6. The molecule has 0 heterocycles. The van der Waals surface area contributed by atoms with Crippen molar-refractivity contribution in [3.05, 3.63) is 24.3 Å². The number of carbonyl (C=O) groups excluding carboxylic acids is 1. The van der Waals surface area contributed by atoms with E-state index in [4.69, 9.17) is 9.05 Å². The Hall–Kier alpha value is -1.02. The number of phosphoric acid groups is 1. The molecule has 0 aromatic carbocycles. The number of carbonyl (C=O) groups is 1. The van der Waals surface area contributed by atoms with Crippen LogP contribution in [0.4, 0.5) is 0 Å². The highest BCUT2D eigenvalue weighted by Crippen LogP contribution is 2.38. The Bertz CT molecular complexity index is 1430. The number of hydrogen-bond acceptors (Lipinski definition) is 6. The van der Waals surface area contributed by atoms with Crippen molar-refractivity contribution in [2.75, 3.05) is 40.9 Å². The lowest BCUT2D eigenvalue weighted by atomic mass is 10.0. The molecule has 0 rings (SSSR count). The Kier molecular flexibility index (Phi) is 66.6. The van der Waals surface area contributed by atoms with Crippen molar-refractivity contribution in [1.29, 1.82) is 0 Å². The summed E-state index contributed by atoms with van der Waals surface area (Å²) in [6.45, 7) is 4.72. The zero-order chi connectivity index (χ0) is 61.9. The average Bonchev–Trinajstić information content (AvgIpc) is 3.48. The maximum atomic E-state index is 13.0. The zero-order valence-electron chi connectivity index (χ0n) is 58.1. The summed E-state index contributed by atoms with van der Waals surface area (Å²) in [4.78, 5) is 25.6. The fourth-order valence-corrected chi connectivity index (χ4v) is 12.7. The fourth-order valence-electron chi connectivity index (χ4n) is 12.0. The number of amides is 1. The van der Waals surface area contributed by atoms with Crippen molar-refractivity contribution in [1.82, 2.24) is 5.32 Å². The minimum atomic E-state index is -4.60. The molecule has 0 aromatic rings. The summed E-state index contributed by atoms with van der Waals surface area (Å²) in [6.07, 6.45) is 89.1. The van der Waals surface area contributed by atoms with Gasteiger partial charge in [-0.1, -0.05) is 378 Å². The highest BCUT2D eigenvalue weighted by atomic mass is 31.2. The van der Waals surface area contributed by atoms with E-state index in [0.29, 0.717) is 17.4 Å². The number of hydrogen-bond donors (Lipinski definition) is 2. The van der Waals surface area contributed by atoms with Gasteiger partial charge in [0.2, 0.25) is 5.91 Å². The number of aliphatic hydroxyl groups excluding tert-OH is 1. The number of allylic oxidation sites excluding steroid dienone is 3. The second-order valence-corrected chi connectivity index (χ2v) is 29.1. The van der Waals surface area contributed by atoms with E-state index in [1.54, 1.807) is 6.08 Å². The zero-order valence-corrected chi connectivity index (χ0v) is 59.0. The molecule has 3 unspecified atom stereocenters. The topological polar surface area (TPSA) is 108 Å². The largest absolute Gasteiger partial charge is 0.756 e. The maximum absolute atomic E-state index is 13.0. The predicted octanol–water partition coefficient (Wildman–Crippen LogP) is 24.0. The monoisotopic (exact) mass is 1220 g/mol. The van der Waals surface area contributed by atoms with Gasteiger partial charge < -0.3 is 28.8 Å². The van der Waals surface area contributed by atoms with Crippen LogP contribution in [0.3, 0.4) is 0 Å². The van der Waals surface area contributed by atoms with Gasteiger partial charge >= 0.3 is 0 Å². The highest BCUT2D eigenvalue weighted by molar-refractivity contribution is 7.45. The summed E-state index contributed by atoms with van der Waals surface area (Å²) >= 11 is 0. The molecule has 3 atom stereocenters. The molecule has 0 fully saturated rings. The number of unbranched alkanes of at least 4 members (excludes halogenated alkanes) is 57. The Morgan fingerprint density at radius 2 is 0.647 bits per heavy atom. The molecule has 0 aromatic heterocycles. The average molecular weight is 1220 g/mol. The second kappa shape index (κ2) is 67.4. The van der Waals surface area contributed by atoms with Gasteiger partial charge in [-0.3, -0.25) is 9.36 Å². The van der Waals surface area contributed by atoms with Crippen LogP contribution < -0.4 is 10.2 Å². The molecule has 0 aliphatic carbocycles. The SMILES string of the molecule is CCCCCCCCCC/C=C\CCCCCCCCCCCCCCCCCCCCCCCCCCCCCCCC(=O)NC(COP(=O)([O-])OCC[N+](C)(C)C)C(O)/C=C/CCCCCCCCCCCCCCCCCCCCCC. The molecule has 1 amide bonds. The Morgan fingerprint density at radius 3 is 0.918 bits per heavy atom. The minimum Gasteiger partial charge on any atom is -0.756 e. The summed E-state index contributed by atoms with van der Waals surface area (Å²) in [5.41, 5.74) is 0. The van der Waals surface area contributed by atoms with E-state index in [0.717, 1.165) is 38.5 Å².